The van der Waals surface area contributed by atoms with Crippen molar-refractivity contribution in [2.45, 2.75) is 13.3 Å². The lowest BCUT2D eigenvalue weighted by Gasteiger charge is -1.99. The number of hydrogen-bond acceptors (Lipinski definition) is 6. The van der Waals surface area contributed by atoms with Crippen molar-refractivity contribution in [1.29, 1.82) is 0 Å². The van der Waals surface area contributed by atoms with Gasteiger partial charge in [-0.05, 0) is 24.6 Å². The predicted octanol–water partition coefficient (Wildman–Crippen LogP) is 2.79. The second kappa shape index (κ2) is 8.81. The van der Waals surface area contributed by atoms with E-state index < -0.39 is 0 Å². The van der Waals surface area contributed by atoms with Crippen LogP contribution >= 0.6 is 11.3 Å². The Morgan fingerprint density at radius 1 is 1.11 bits per heavy atom. The molecule has 0 atom stereocenters. The van der Waals surface area contributed by atoms with E-state index in [0.717, 1.165) is 22.5 Å². The first-order valence-electron chi connectivity index (χ1n) is 8.17. The van der Waals surface area contributed by atoms with E-state index in [2.05, 4.69) is 26.0 Å². The summed E-state index contributed by atoms with van der Waals surface area (Å²) in [6, 6.07) is 16.6. The molecule has 0 aliphatic heterocycles. The zero-order chi connectivity index (χ0) is 19.1. The molecule has 7 nitrogen and oxygen atoms in total. The van der Waals surface area contributed by atoms with Crippen LogP contribution < -0.4 is 10.7 Å². The second-order valence-electron chi connectivity index (χ2n) is 5.71. The summed E-state index contributed by atoms with van der Waals surface area (Å²) in [6.07, 6.45) is 1.61. The van der Waals surface area contributed by atoms with Gasteiger partial charge in [0.2, 0.25) is 11.0 Å². The fourth-order valence-electron chi connectivity index (χ4n) is 2.24. The smallest absolute Gasteiger partial charge is 0.257 e. The Balaban J connectivity index is 1.51. The molecule has 0 aliphatic rings. The first-order chi connectivity index (χ1) is 13.1. The molecular weight excluding hydrogens is 362 g/mol. The predicted molar refractivity (Wildman–Crippen MR) is 105 cm³/mol. The van der Waals surface area contributed by atoms with Crippen LogP contribution in [0.25, 0.3) is 0 Å². The summed E-state index contributed by atoms with van der Waals surface area (Å²) in [6.45, 7) is 1.99. The molecule has 0 spiro atoms. The summed E-state index contributed by atoms with van der Waals surface area (Å²) in [4.78, 5) is 24.0. The first kappa shape index (κ1) is 18.4. The van der Waals surface area contributed by atoms with Gasteiger partial charge in [-0.2, -0.15) is 5.10 Å². The van der Waals surface area contributed by atoms with Crippen molar-refractivity contribution in [2.75, 3.05) is 5.32 Å². The van der Waals surface area contributed by atoms with E-state index in [1.54, 1.807) is 30.5 Å². The van der Waals surface area contributed by atoms with Gasteiger partial charge < -0.3 is 0 Å². The molecule has 0 fully saturated rings. The van der Waals surface area contributed by atoms with Crippen molar-refractivity contribution in [3.05, 3.63) is 76.3 Å². The Kier molecular flexibility index (Phi) is 6.01. The van der Waals surface area contributed by atoms with Gasteiger partial charge in [0, 0.05) is 5.56 Å². The molecule has 8 heteroatoms. The molecule has 0 saturated carbocycles. The van der Waals surface area contributed by atoms with Crippen LogP contribution in [0.3, 0.4) is 0 Å². The summed E-state index contributed by atoms with van der Waals surface area (Å²) in [5.41, 5.74) is 5.00. The Morgan fingerprint density at radius 2 is 1.93 bits per heavy atom. The number of carbonyl (C=O) groups is 2. The number of nitrogens with zero attached hydrogens (tertiary/aromatic N) is 3. The van der Waals surface area contributed by atoms with Crippen LogP contribution in [0.4, 0.5) is 5.13 Å². The highest BCUT2D eigenvalue weighted by Gasteiger charge is 2.12. The Morgan fingerprint density at radius 3 is 2.70 bits per heavy atom. The Labute approximate surface area is 160 Å². The standard InChI is InChI=1S/C19H17N5O2S/c1-13-6-5-7-14(10-13)12-20-22-16(25)11-17-23-24-19(27-17)21-18(26)15-8-3-2-4-9-15/h2-10,12H,11H2,1H3,(H,22,25)(H,21,24,26)/b20-12-. The van der Waals surface area contributed by atoms with Crippen molar-refractivity contribution in [2.24, 2.45) is 5.10 Å². The molecule has 0 bridgehead atoms. The summed E-state index contributed by atoms with van der Waals surface area (Å²) in [7, 11) is 0. The normalized spacial score (nSPS) is 10.7. The van der Waals surface area contributed by atoms with Crippen LogP contribution in [0.15, 0.2) is 59.7 Å². The van der Waals surface area contributed by atoms with Crippen molar-refractivity contribution in [3.63, 3.8) is 0 Å². The number of aromatic nitrogens is 2. The molecule has 0 aliphatic carbocycles. The number of aryl methyl sites for hydroxylation is 1. The molecule has 0 saturated heterocycles. The minimum atomic E-state index is -0.309. The van der Waals surface area contributed by atoms with Gasteiger partial charge in [-0.1, -0.05) is 59.4 Å². The summed E-state index contributed by atoms with van der Waals surface area (Å²) in [5.74, 6) is -0.582. The SMILES string of the molecule is Cc1cccc(/C=N\NC(=O)Cc2nnc(NC(=O)c3ccccc3)s2)c1. The Hall–Kier alpha value is -3.39. The molecule has 2 aromatic carbocycles. The van der Waals surface area contributed by atoms with E-state index in [1.165, 1.54) is 0 Å². The van der Waals surface area contributed by atoms with Crippen LogP contribution in [-0.4, -0.2) is 28.2 Å². The minimum Gasteiger partial charge on any atom is -0.296 e. The zero-order valence-corrected chi connectivity index (χ0v) is 15.4. The summed E-state index contributed by atoms with van der Waals surface area (Å²) in [5, 5.41) is 15.2. The molecule has 0 radical (unpaired) electrons. The third kappa shape index (κ3) is 5.55. The molecule has 27 heavy (non-hydrogen) atoms. The van der Waals surface area contributed by atoms with Gasteiger partial charge >= 0.3 is 0 Å². The minimum absolute atomic E-state index is 0.0318. The maximum absolute atomic E-state index is 12.1. The summed E-state index contributed by atoms with van der Waals surface area (Å²) < 4.78 is 0. The maximum atomic E-state index is 12.1. The van der Waals surface area contributed by atoms with E-state index in [0.29, 0.717) is 15.7 Å². The summed E-state index contributed by atoms with van der Waals surface area (Å²) >= 11 is 1.15. The lowest BCUT2D eigenvalue weighted by Crippen LogP contribution is -2.19. The van der Waals surface area contributed by atoms with Gasteiger partial charge in [0.1, 0.15) is 5.01 Å². The molecule has 0 unspecified atom stereocenters. The second-order valence-corrected chi connectivity index (χ2v) is 6.77. The largest absolute Gasteiger partial charge is 0.296 e. The number of carbonyl (C=O) groups excluding carboxylic acids is 2. The van der Waals surface area contributed by atoms with E-state index in [9.17, 15) is 9.59 Å². The van der Waals surface area contributed by atoms with Gasteiger partial charge in [0.15, 0.2) is 0 Å². The molecule has 3 aromatic rings. The van der Waals surface area contributed by atoms with Crippen molar-refractivity contribution in [1.82, 2.24) is 15.6 Å². The molecule has 2 N–H and O–H groups in total. The van der Waals surface area contributed by atoms with Crippen molar-refractivity contribution >= 4 is 34.5 Å². The van der Waals surface area contributed by atoms with Crippen LogP contribution in [0.1, 0.15) is 26.5 Å². The Bertz CT molecular complexity index is 969. The fraction of sp³-hybridized carbons (Fsp3) is 0.105. The topological polar surface area (TPSA) is 96.3 Å². The zero-order valence-electron chi connectivity index (χ0n) is 14.5. The molecule has 3 rings (SSSR count). The number of anilines is 1. The van der Waals surface area contributed by atoms with Gasteiger partial charge in [0.05, 0.1) is 12.6 Å². The van der Waals surface area contributed by atoms with E-state index in [4.69, 9.17) is 0 Å². The highest BCUT2D eigenvalue weighted by Crippen LogP contribution is 2.16. The third-order valence-electron chi connectivity index (χ3n) is 3.48. The molecular formula is C19H17N5O2S. The highest BCUT2D eigenvalue weighted by atomic mass is 32.1. The van der Waals surface area contributed by atoms with Crippen LogP contribution in [0.2, 0.25) is 0 Å². The number of benzene rings is 2. The lowest BCUT2D eigenvalue weighted by atomic mass is 10.2. The number of rotatable bonds is 6. The average molecular weight is 379 g/mol. The number of hydrogen-bond donors (Lipinski definition) is 2. The number of amides is 2. The molecule has 1 heterocycles. The van der Waals surface area contributed by atoms with Gasteiger partial charge in [-0.15, -0.1) is 10.2 Å². The lowest BCUT2D eigenvalue weighted by molar-refractivity contribution is -0.120. The number of nitrogens with one attached hydrogen (secondary N) is 2. The van der Waals surface area contributed by atoms with Crippen molar-refractivity contribution in [3.8, 4) is 0 Å². The van der Waals surface area contributed by atoms with Crippen molar-refractivity contribution < 1.29 is 9.59 Å². The number of hydrazone groups is 1. The maximum Gasteiger partial charge on any atom is 0.257 e. The average Bonchev–Trinajstić information content (AvgIpc) is 3.09. The molecule has 2 amide bonds. The van der Waals surface area contributed by atoms with Gasteiger partial charge in [-0.3, -0.25) is 14.9 Å². The molecule has 1 aromatic heterocycles. The van der Waals surface area contributed by atoms with Gasteiger partial charge in [-0.25, -0.2) is 5.43 Å². The third-order valence-corrected chi connectivity index (χ3v) is 4.32. The highest BCUT2D eigenvalue weighted by molar-refractivity contribution is 7.15. The fourth-order valence-corrected chi connectivity index (χ4v) is 2.97. The molecule has 136 valence electrons. The van der Waals surface area contributed by atoms with Gasteiger partial charge in [0.25, 0.3) is 5.91 Å². The quantitative estimate of drug-likeness (QED) is 0.508. The first-order valence-corrected chi connectivity index (χ1v) is 8.99. The van der Waals surface area contributed by atoms with E-state index in [-0.39, 0.29) is 18.2 Å². The van der Waals surface area contributed by atoms with Crippen LogP contribution in [-0.2, 0) is 11.2 Å². The van der Waals surface area contributed by atoms with Crippen LogP contribution in [0, 0.1) is 6.92 Å². The monoisotopic (exact) mass is 379 g/mol. The van der Waals surface area contributed by atoms with Crippen LogP contribution in [0.5, 0.6) is 0 Å². The van der Waals surface area contributed by atoms with E-state index >= 15 is 0 Å². The van der Waals surface area contributed by atoms with E-state index in [1.807, 2.05) is 37.3 Å².